The zero-order chi connectivity index (χ0) is 7.83. The molecule has 1 aliphatic heterocycles. The molecule has 2 nitrogen and oxygen atoms in total. The van der Waals surface area contributed by atoms with E-state index in [4.69, 9.17) is 0 Å². The van der Waals surface area contributed by atoms with Crippen LogP contribution in [0.15, 0.2) is 12.8 Å². The number of hydroxylamine groups is 3. The molecule has 1 aliphatic rings. The highest BCUT2D eigenvalue weighted by atomic mass is 16.5. The van der Waals surface area contributed by atoms with Crippen LogP contribution < -0.4 is 0 Å². The van der Waals surface area contributed by atoms with E-state index in [1.54, 1.807) is 0 Å². The third-order valence-corrected chi connectivity index (χ3v) is 2.20. The maximum Gasteiger partial charge on any atom is 0.0886 e. The first-order chi connectivity index (χ1) is 4.47. The first kappa shape index (κ1) is 7.76. The monoisotopic (exact) mass is 141 g/mol. The van der Waals surface area contributed by atoms with E-state index in [2.05, 4.69) is 20.4 Å². The fourth-order valence-corrected chi connectivity index (χ4v) is 1.53. The van der Waals surface area contributed by atoms with Gasteiger partial charge in [-0.3, -0.25) is 0 Å². The Balaban J connectivity index is 2.66. The van der Waals surface area contributed by atoms with Gasteiger partial charge in [0.25, 0.3) is 0 Å². The van der Waals surface area contributed by atoms with E-state index < -0.39 is 0 Å². The molecule has 1 heterocycles. The summed E-state index contributed by atoms with van der Waals surface area (Å²) < 4.78 is -0.201. The standard InChI is InChI=1S/C8H15NO/c1-4-9(10)6-5-8(2,3)7-9/h4H,1,5-7H2,2-3H3. The number of nitrogens with zero attached hydrogens (tertiary/aromatic N) is 1. The molecule has 58 valence electrons. The molecule has 10 heavy (non-hydrogen) atoms. The van der Waals surface area contributed by atoms with Gasteiger partial charge in [0.15, 0.2) is 0 Å². The zero-order valence-electron chi connectivity index (χ0n) is 6.76. The molecular formula is C8H15NO. The van der Waals surface area contributed by atoms with Gasteiger partial charge in [-0.2, -0.15) is 0 Å². The minimum Gasteiger partial charge on any atom is -0.628 e. The van der Waals surface area contributed by atoms with Gasteiger partial charge in [-0.05, 0) is 6.58 Å². The Morgan fingerprint density at radius 2 is 2.20 bits per heavy atom. The molecule has 0 amide bonds. The lowest BCUT2D eigenvalue weighted by molar-refractivity contribution is -0.818. The van der Waals surface area contributed by atoms with Crippen LogP contribution in [0.2, 0.25) is 0 Å². The van der Waals surface area contributed by atoms with Gasteiger partial charge >= 0.3 is 0 Å². The summed E-state index contributed by atoms with van der Waals surface area (Å²) in [7, 11) is 0. The van der Waals surface area contributed by atoms with Crippen LogP contribution in [-0.4, -0.2) is 17.7 Å². The molecule has 1 rings (SSSR count). The van der Waals surface area contributed by atoms with Crippen molar-refractivity contribution in [1.82, 2.24) is 0 Å². The predicted octanol–water partition coefficient (Wildman–Crippen LogP) is 1.87. The van der Waals surface area contributed by atoms with Gasteiger partial charge in [0.05, 0.1) is 19.3 Å². The topological polar surface area (TPSA) is 23.1 Å². The van der Waals surface area contributed by atoms with E-state index in [9.17, 15) is 5.21 Å². The SMILES string of the molecule is C=C[N+]1([O-])CCC(C)(C)C1. The average molecular weight is 141 g/mol. The maximum absolute atomic E-state index is 11.5. The molecule has 0 spiro atoms. The molecule has 0 bridgehead atoms. The second kappa shape index (κ2) is 2.07. The number of hydrogen-bond donors (Lipinski definition) is 0. The van der Waals surface area contributed by atoms with E-state index in [1.165, 1.54) is 6.20 Å². The van der Waals surface area contributed by atoms with Crippen LogP contribution in [0.4, 0.5) is 0 Å². The Bertz CT molecular complexity index is 153. The van der Waals surface area contributed by atoms with Gasteiger partial charge in [-0.1, -0.05) is 13.8 Å². The molecule has 2 heteroatoms. The fourth-order valence-electron chi connectivity index (χ4n) is 1.53. The van der Waals surface area contributed by atoms with Crippen LogP contribution in [-0.2, 0) is 0 Å². The largest absolute Gasteiger partial charge is 0.628 e. The lowest BCUT2D eigenvalue weighted by Gasteiger charge is -2.35. The Labute approximate surface area is 62.3 Å². The van der Waals surface area contributed by atoms with Gasteiger partial charge < -0.3 is 9.85 Å². The smallest absolute Gasteiger partial charge is 0.0886 e. The van der Waals surface area contributed by atoms with Crippen LogP contribution in [0.5, 0.6) is 0 Å². The third-order valence-electron chi connectivity index (χ3n) is 2.20. The molecule has 1 saturated heterocycles. The number of rotatable bonds is 1. The Kier molecular flexibility index (Phi) is 1.61. The molecule has 0 radical (unpaired) electrons. The van der Waals surface area contributed by atoms with Crippen molar-refractivity contribution in [3.05, 3.63) is 18.0 Å². The van der Waals surface area contributed by atoms with Crippen LogP contribution in [0.1, 0.15) is 20.3 Å². The number of quaternary nitrogens is 1. The van der Waals surface area contributed by atoms with Crippen LogP contribution in [0, 0.1) is 10.6 Å². The summed E-state index contributed by atoms with van der Waals surface area (Å²) in [6, 6.07) is 0. The van der Waals surface area contributed by atoms with Crippen LogP contribution in [0.3, 0.4) is 0 Å². The van der Waals surface area contributed by atoms with E-state index in [-0.39, 0.29) is 10.1 Å². The normalized spacial score (nSPS) is 37.9. The van der Waals surface area contributed by atoms with E-state index in [0.717, 1.165) is 6.42 Å². The predicted molar refractivity (Wildman–Crippen MR) is 42.0 cm³/mol. The summed E-state index contributed by atoms with van der Waals surface area (Å²) in [6.07, 6.45) is 2.53. The summed E-state index contributed by atoms with van der Waals surface area (Å²) in [6.45, 7) is 9.20. The summed E-state index contributed by atoms with van der Waals surface area (Å²) in [4.78, 5) is 0. The van der Waals surface area contributed by atoms with E-state index >= 15 is 0 Å². The molecule has 0 aliphatic carbocycles. The third kappa shape index (κ3) is 1.39. The second-order valence-electron chi connectivity index (χ2n) is 3.93. The molecule has 0 aromatic heterocycles. The molecule has 1 fully saturated rings. The maximum atomic E-state index is 11.5. The highest BCUT2D eigenvalue weighted by molar-refractivity contribution is 4.78. The molecule has 0 aromatic rings. The Morgan fingerprint density at radius 1 is 1.60 bits per heavy atom. The van der Waals surface area contributed by atoms with Crippen molar-refractivity contribution in [3.63, 3.8) is 0 Å². The highest BCUT2D eigenvalue weighted by Crippen LogP contribution is 2.33. The van der Waals surface area contributed by atoms with Crippen LogP contribution in [0.25, 0.3) is 0 Å². The lowest BCUT2D eigenvalue weighted by Crippen LogP contribution is -2.34. The van der Waals surface area contributed by atoms with Gasteiger partial charge in [0.2, 0.25) is 0 Å². The van der Waals surface area contributed by atoms with Crippen molar-refractivity contribution in [2.45, 2.75) is 20.3 Å². The second-order valence-corrected chi connectivity index (χ2v) is 3.93. The van der Waals surface area contributed by atoms with Crippen molar-refractivity contribution in [3.8, 4) is 0 Å². The first-order valence-electron chi connectivity index (χ1n) is 3.69. The van der Waals surface area contributed by atoms with Crippen molar-refractivity contribution in [1.29, 1.82) is 0 Å². The molecular weight excluding hydrogens is 126 g/mol. The summed E-state index contributed by atoms with van der Waals surface area (Å²) in [5.74, 6) is 0. The molecule has 0 aromatic carbocycles. The quantitative estimate of drug-likeness (QED) is 0.404. The highest BCUT2D eigenvalue weighted by Gasteiger charge is 2.35. The van der Waals surface area contributed by atoms with Gasteiger partial charge in [-0.15, -0.1) is 0 Å². The zero-order valence-corrected chi connectivity index (χ0v) is 6.76. The van der Waals surface area contributed by atoms with Crippen LogP contribution >= 0.6 is 0 Å². The molecule has 0 saturated carbocycles. The lowest BCUT2D eigenvalue weighted by atomic mass is 9.93. The van der Waals surface area contributed by atoms with Crippen molar-refractivity contribution in [2.75, 3.05) is 13.1 Å². The summed E-state index contributed by atoms with van der Waals surface area (Å²) in [5, 5.41) is 11.5. The summed E-state index contributed by atoms with van der Waals surface area (Å²) in [5.41, 5.74) is 0.218. The van der Waals surface area contributed by atoms with E-state index in [1.807, 2.05) is 0 Å². The summed E-state index contributed by atoms with van der Waals surface area (Å²) >= 11 is 0. The van der Waals surface area contributed by atoms with Gasteiger partial charge in [0, 0.05) is 11.8 Å². The Morgan fingerprint density at radius 3 is 2.40 bits per heavy atom. The fraction of sp³-hybridized carbons (Fsp3) is 0.750. The average Bonchev–Trinajstić information content (AvgIpc) is 2.08. The van der Waals surface area contributed by atoms with Crippen molar-refractivity contribution in [2.24, 2.45) is 5.41 Å². The van der Waals surface area contributed by atoms with Gasteiger partial charge in [-0.25, -0.2) is 0 Å². The molecule has 0 N–H and O–H groups in total. The molecule has 1 unspecified atom stereocenters. The Hall–Kier alpha value is -0.340. The minimum atomic E-state index is -0.201. The van der Waals surface area contributed by atoms with Crippen molar-refractivity contribution < 1.29 is 4.65 Å². The van der Waals surface area contributed by atoms with Crippen molar-refractivity contribution >= 4 is 0 Å². The minimum absolute atomic E-state index is 0.201. The number of hydrogen-bond acceptors (Lipinski definition) is 1. The molecule has 1 atom stereocenters. The number of likely N-dealkylation sites (tertiary alicyclic amines) is 1. The van der Waals surface area contributed by atoms with Gasteiger partial charge in [0.1, 0.15) is 0 Å². The van der Waals surface area contributed by atoms with E-state index in [0.29, 0.717) is 13.1 Å². The first-order valence-corrected chi connectivity index (χ1v) is 3.69.